The first-order valence-corrected chi connectivity index (χ1v) is 8.95. The van der Waals surface area contributed by atoms with E-state index in [1.165, 1.54) is 7.11 Å². The van der Waals surface area contributed by atoms with Crippen LogP contribution in [0.5, 0.6) is 5.75 Å². The van der Waals surface area contributed by atoms with Crippen LogP contribution in [0.25, 0.3) is 11.0 Å². The van der Waals surface area contributed by atoms with Gasteiger partial charge < -0.3 is 18.5 Å². The number of nitrogens with zero attached hydrogens (tertiary/aromatic N) is 2. The van der Waals surface area contributed by atoms with Crippen LogP contribution in [0.3, 0.4) is 0 Å². The third-order valence-electron chi connectivity index (χ3n) is 4.50. The van der Waals surface area contributed by atoms with E-state index >= 15 is 0 Å². The van der Waals surface area contributed by atoms with Gasteiger partial charge in [0.05, 0.1) is 24.7 Å². The van der Waals surface area contributed by atoms with Crippen molar-refractivity contribution in [1.82, 2.24) is 9.55 Å². The van der Waals surface area contributed by atoms with Gasteiger partial charge in [-0.15, -0.1) is 0 Å². The van der Waals surface area contributed by atoms with E-state index in [0.717, 1.165) is 28.2 Å². The summed E-state index contributed by atoms with van der Waals surface area (Å²) in [5.41, 5.74) is 2.60. The number of ether oxygens (including phenoxy) is 2. The SMILES string of the molecule is COC(=O)c1oc(Cn2c(COc3ccccc3)nc3ccccc32)cc1C. The topological polar surface area (TPSA) is 66.5 Å². The van der Waals surface area contributed by atoms with Gasteiger partial charge in [-0.05, 0) is 37.3 Å². The van der Waals surface area contributed by atoms with Gasteiger partial charge in [-0.3, -0.25) is 0 Å². The lowest BCUT2D eigenvalue weighted by molar-refractivity contribution is 0.0561. The number of carbonyl (C=O) groups excluding carboxylic acids is 1. The van der Waals surface area contributed by atoms with E-state index in [0.29, 0.717) is 18.9 Å². The molecule has 6 nitrogen and oxygen atoms in total. The predicted octanol–water partition coefficient (Wildman–Crippen LogP) is 4.35. The summed E-state index contributed by atoms with van der Waals surface area (Å²) in [5, 5.41) is 0. The minimum absolute atomic E-state index is 0.226. The normalized spacial score (nSPS) is 10.9. The number of carbonyl (C=O) groups is 1. The summed E-state index contributed by atoms with van der Waals surface area (Å²) in [6.07, 6.45) is 0. The van der Waals surface area contributed by atoms with Crippen molar-refractivity contribution in [1.29, 1.82) is 0 Å². The molecule has 0 fully saturated rings. The first kappa shape index (κ1) is 17.9. The van der Waals surface area contributed by atoms with Crippen LogP contribution in [0, 0.1) is 6.92 Å². The Labute approximate surface area is 162 Å². The molecule has 4 aromatic rings. The minimum Gasteiger partial charge on any atom is -0.486 e. The van der Waals surface area contributed by atoms with Crippen molar-refractivity contribution < 1.29 is 18.7 Å². The van der Waals surface area contributed by atoms with Crippen LogP contribution in [0.1, 0.15) is 27.7 Å². The number of hydrogen-bond donors (Lipinski definition) is 0. The number of rotatable bonds is 6. The molecule has 0 radical (unpaired) electrons. The molecular formula is C22H20N2O4. The Morgan fingerprint density at radius 2 is 1.86 bits per heavy atom. The van der Waals surface area contributed by atoms with Crippen LogP contribution in [0.4, 0.5) is 0 Å². The Balaban J connectivity index is 1.66. The Bertz CT molecular complexity index is 1110. The molecule has 0 bridgehead atoms. The van der Waals surface area contributed by atoms with E-state index in [1.54, 1.807) is 0 Å². The zero-order valence-electron chi connectivity index (χ0n) is 15.7. The van der Waals surface area contributed by atoms with Gasteiger partial charge in [0.15, 0.2) is 0 Å². The monoisotopic (exact) mass is 376 g/mol. The van der Waals surface area contributed by atoms with Crippen molar-refractivity contribution in [3.05, 3.63) is 83.6 Å². The second-order valence-corrected chi connectivity index (χ2v) is 6.42. The van der Waals surface area contributed by atoms with Gasteiger partial charge in [0.1, 0.15) is 23.9 Å². The first-order chi connectivity index (χ1) is 13.7. The molecule has 0 aliphatic carbocycles. The van der Waals surface area contributed by atoms with Crippen molar-refractivity contribution in [2.45, 2.75) is 20.1 Å². The average Bonchev–Trinajstić information content (AvgIpc) is 3.27. The summed E-state index contributed by atoms with van der Waals surface area (Å²) >= 11 is 0. The number of fused-ring (bicyclic) bond motifs is 1. The Morgan fingerprint density at radius 1 is 1.11 bits per heavy atom. The van der Waals surface area contributed by atoms with E-state index in [1.807, 2.05) is 72.2 Å². The van der Waals surface area contributed by atoms with E-state index in [2.05, 4.69) is 0 Å². The van der Waals surface area contributed by atoms with Crippen LogP contribution in [0.15, 0.2) is 65.1 Å². The number of benzene rings is 2. The van der Waals surface area contributed by atoms with Gasteiger partial charge in [-0.2, -0.15) is 0 Å². The molecular weight excluding hydrogens is 356 g/mol. The third-order valence-corrected chi connectivity index (χ3v) is 4.50. The maximum Gasteiger partial charge on any atom is 0.374 e. The molecule has 0 aliphatic rings. The summed E-state index contributed by atoms with van der Waals surface area (Å²) < 4.78 is 18.5. The van der Waals surface area contributed by atoms with Crippen LogP contribution < -0.4 is 4.74 Å². The Kier molecular flexibility index (Phi) is 4.85. The lowest BCUT2D eigenvalue weighted by Crippen LogP contribution is -2.08. The van der Waals surface area contributed by atoms with Crippen molar-refractivity contribution in [3.63, 3.8) is 0 Å². The molecule has 142 valence electrons. The molecule has 0 unspecified atom stereocenters. The fourth-order valence-electron chi connectivity index (χ4n) is 3.15. The molecule has 2 aromatic heterocycles. The second kappa shape index (κ2) is 7.60. The summed E-state index contributed by atoms with van der Waals surface area (Å²) in [4.78, 5) is 16.5. The average molecular weight is 376 g/mol. The quantitative estimate of drug-likeness (QED) is 0.468. The number of aromatic nitrogens is 2. The zero-order chi connectivity index (χ0) is 19.5. The number of furan rings is 1. The van der Waals surface area contributed by atoms with Crippen LogP contribution in [-0.2, 0) is 17.9 Å². The molecule has 6 heteroatoms. The van der Waals surface area contributed by atoms with Gasteiger partial charge >= 0.3 is 5.97 Å². The third kappa shape index (κ3) is 3.49. The Hall–Kier alpha value is -3.54. The summed E-state index contributed by atoms with van der Waals surface area (Å²) in [5.74, 6) is 1.96. The van der Waals surface area contributed by atoms with Crippen molar-refractivity contribution in [2.24, 2.45) is 0 Å². The van der Waals surface area contributed by atoms with Crippen LogP contribution in [0.2, 0.25) is 0 Å². The first-order valence-electron chi connectivity index (χ1n) is 8.95. The molecule has 0 aliphatic heterocycles. The molecule has 0 saturated carbocycles. The highest BCUT2D eigenvalue weighted by molar-refractivity contribution is 5.87. The Morgan fingerprint density at radius 3 is 2.64 bits per heavy atom. The summed E-state index contributed by atoms with van der Waals surface area (Å²) in [7, 11) is 1.34. The minimum atomic E-state index is -0.480. The van der Waals surface area contributed by atoms with Crippen molar-refractivity contribution >= 4 is 17.0 Å². The zero-order valence-corrected chi connectivity index (χ0v) is 15.7. The molecule has 4 rings (SSSR count). The highest BCUT2D eigenvalue weighted by Gasteiger charge is 2.18. The highest BCUT2D eigenvalue weighted by Crippen LogP contribution is 2.22. The molecule has 0 atom stereocenters. The van der Waals surface area contributed by atoms with E-state index < -0.39 is 5.97 Å². The summed E-state index contributed by atoms with van der Waals surface area (Å²) in [6, 6.07) is 19.4. The lowest BCUT2D eigenvalue weighted by atomic mass is 10.2. The maximum atomic E-state index is 11.8. The molecule has 0 amide bonds. The van der Waals surface area contributed by atoms with E-state index in [9.17, 15) is 4.79 Å². The lowest BCUT2D eigenvalue weighted by Gasteiger charge is -2.09. The van der Waals surface area contributed by atoms with Gasteiger partial charge in [0.25, 0.3) is 0 Å². The second-order valence-electron chi connectivity index (χ2n) is 6.42. The van der Waals surface area contributed by atoms with Crippen LogP contribution in [-0.4, -0.2) is 22.6 Å². The summed E-state index contributed by atoms with van der Waals surface area (Å²) in [6.45, 7) is 2.58. The number of hydrogen-bond acceptors (Lipinski definition) is 5. The number of para-hydroxylation sites is 3. The smallest absolute Gasteiger partial charge is 0.374 e. The standard InChI is InChI=1S/C22H20N2O4/c1-15-12-17(28-21(15)22(25)26-2)13-24-19-11-7-6-10-18(19)23-20(24)14-27-16-8-4-3-5-9-16/h3-12H,13-14H2,1-2H3. The number of aryl methyl sites for hydroxylation is 1. The fraction of sp³-hybridized carbons (Fsp3) is 0.182. The van der Waals surface area contributed by atoms with Crippen molar-refractivity contribution in [3.8, 4) is 5.75 Å². The van der Waals surface area contributed by atoms with Crippen LogP contribution >= 0.6 is 0 Å². The molecule has 2 heterocycles. The largest absolute Gasteiger partial charge is 0.486 e. The molecule has 28 heavy (non-hydrogen) atoms. The van der Waals surface area contributed by atoms with Gasteiger partial charge in [0.2, 0.25) is 5.76 Å². The van der Waals surface area contributed by atoms with Gasteiger partial charge in [0, 0.05) is 5.56 Å². The van der Waals surface area contributed by atoms with Gasteiger partial charge in [-0.25, -0.2) is 9.78 Å². The van der Waals surface area contributed by atoms with E-state index in [4.69, 9.17) is 18.9 Å². The number of imidazole rings is 1. The van der Waals surface area contributed by atoms with E-state index in [-0.39, 0.29) is 5.76 Å². The molecule has 0 N–H and O–H groups in total. The number of esters is 1. The molecule has 0 saturated heterocycles. The fourth-order valence-corrected chi connectivity index (χ4v) is 3.15. The highest BCUT2D eigenvalue weighted by atomic mass is 16.5. The van der Waals surface area contributed by atoms with Crippen molar-refractivity contribution in [2.75, 3.05) is 7.11 Å². The molecule has 0 spiro atoms. The number of methoxy groups -OCH3 is 1. The molecule has 2 aromatic carbocycles. The maximum absolute atomic E-state index is 11.8. The predicted molar refractivity (Wildman–Crippen MR) is 104 cm³/mol. The van der Waals surface area contributed by atoms with Gasteiger partial charge in [-0.1, -0.05) is 30.3 Å².